The normalized spacial score (nSPS) is 11.5. The lowest BCUT2D eigenvalue weighted by molar-refractivity contribution is -0.137. The van der Waals surface area contributed by atoms with E-state index in [0.29, 0.717) is 17.1 Å². The number of amides is 1. The van der Waals surface area contributed by atoms with Crippen molar-refractivity contribution in [1.82, 2.24) is 0 Å². The van der Waals surface area contributed by atoms with Gasteiger partial charge in [0.15, 0.2) is 11.5 Å². The largest absolute Gasteiger partial charge is 0.493 e. The van der Waals surface area contributed by atoms with E-state index in [1.54, 1.807) is 24.3 Å². The molecule has 0 aliphatic carbocycles. The lowest BCUT2D eigenvalue weighted by Gasteiger charge is -2.12. The summed E-state index contributed by atoms with van der Waals surface area (Å²) in [6.07, 6.45) is -3.24. The molecule has 0 aliphatic heterocycles. The van der Waals surface area contributed by atoms with Gasteiger partial charge >= 0.3 is 6.18 Å². The van der Waals surface area contributed by atoms with Gasteiger partial charge in [0.1, 0.15) is 18.2 Å². The molecule has 3 aromatic carbocycles. The quantitative estimate of drug-likeness (QED) is 0.276. The highest BCUT2D eigenvalue weighted by molar-refractivity contribution is 9.10. The van der Waals surface area contributed by atoms with Crippen LogP contribution in [-0.4, -0.2) is 13.0 Å². The van der Waals surface area contributed by atoms with Crippen molar-refractivity contribution < 1.29 is 27.4 Å². The molecule has 0 saturated carbocycles. The van der Waals surface area contributed by atoms with Crippen LogP contribution in [0, 0.1) is 11.3 Å². The van der Waals surface area contributed by atoms with E-state index in [1.165, 1.54) is 25.3 Å². The maximum absolute atomic E-state index is 12.9. The summed E-state index contributed by atoms with van der Waals surface area (Å²) in [5.74, 6) is 0.00811. The number of hydrogen-bond acceptors (Lipinski definition) is 4. The summed E-state index contributed by atoms with van der Waals surface area (Å²) in [7, 11) is 1.46. The van der Waals surface area contributed by atoms with Crippen molar-refractivity contribution in [2.24, 2.45) is 0 Å². The number of ether oxygens (including phenoxy) is 2. The highest BCUT2D eigenvalue weighted by atomic mass is 79.9. The molecule has 0 heterocycles. The lowest BCUT2D eigenvalue weighted by Crippen LogP contribution is -2.14. The van der Waals surface area contributed by atoms with E-state index in [4.69, 9.17) is 9.47 Å². The van der Waals surface area contributed by atoms with Crippen molar-refractivity contribution in [3.05, 3.63) is 93.5 Å². The van der Waals surface area contributed by atoms with E-state index < -0.39 is 17.6 Å². The second-order valence-corrected chi connectivity index (χ2v) is 7.85. The van der Waals surface area contributed by atoms with Crippen LogP contribution in [0.4, 0.5) is 18.9 Å². The van der Waals surface area contributed by atoms with Crippen LogP contribution >= 0.6 is 15.9 Å². The van der Waals surface area contributed by atoms with Crippen molar-refractivity contribution in [2.45, 2.75) is 12.8 Å². The number of nitrogens with one attached hydrogen (secondary N) is 1. The molecule has 9 heteroatoms. The molecule has 0 aliphatic rings. The molecule has 0 bridgehead atoms. The molecular weight excluding hydrogens is 513 g/mol. The molecule has 5 nitrogen and oxygen atoms in total. The van der Waals surface area contributed by atoms with Crippen LogP contribution in [0.15, 0.2) is 76.8 Å². The van der Waals surface area contributed by atoms with E-state index in [2.05, 4.69) is 21.2 Å². The average molecular weight is 531 g/mol. The van der Waals surface area contributed by atoms with E-state index in [9.17, 15) is 23.2 Å². The Morgan fingerprint density at radius 1 is 1.09 bits per heavy atom. The third-order valence-corrected chi connectivity index (χ3v) is 5.43. The number of nitriles is 1. The Morgan fingerprint density at radius 3 is 2.53 bits per heavy atom. The fourth-order valence-corrected chi connectivity index (χ4v) is 3.35. The summed E-state index contributed by atoms with van der Waals surface area (Å²) in [4.78, 5) is 12.5. The van der Waals surface area contributed by atoms with Crippen molar-refractivity contribution in [3.63, 3.8) is 0 Å². The van der Waals surface area contributed by atoms with Gasteiger partial charge in [0, 0.05) is 15.7 Å². The van der Waals surface area contributed by atoms with Crippen LogP contribution in [0.2, 0.25) is 0 Å². The second kappa shape index (κ2) is 10.9. The molecule has 0 aromatic heterocycles. The summed E-state index contributed by atoms with van der Waals surface area (Å²) in [6.45, 7) is 0.288. The minimum Gasteiger partial charge on any atom is -0.493 e. The first-order valence-corrected chi connectivity index (χ1v) is 10.6. The predicted octanol–water partition coefficient (Wildman–Crippen LogP) is 6.60. The maximum atomic E-state index is 12.9. The topological polar surface area (TPSA) is 71.3 Å². The SMILES string of the molecule is COc1cc(/C=C(\C#N)C(=O)Nc2cccc(C(F)(F)F)c2)ccc1OCc1ccccc1Br. The summed E-state index contributed by atoms with van der Waals surface area (Å²) in [5, 5.41) is 11.7. The number of halogens is 4. The average Bonchev–Trinajstić information content (AvgIpc) is 2.82. The minimum absolute atomic E-state index is 0.0747. The molecule has 174 valence electrons. The molecule has 0 radical (unpaired) electrons. The van der Waals surface area contributed by atoms with Crippen molar-refractivity contribution in [3.8, 4) is 17.6 Å². The highest BCUT2D eigenvalue weighted by Crippen LogP contribution is 2.32. The summed E-state index contributed by atoms with van der Waals surface area (Å²) in [6, 6.07) is 18.4. The molecule has 3 rings (SSSR count). The third-order valence-electron chi connectivity index (χ3n) is 4.65. The number of rotatable bonds is 7. The molecule has 0 fully saturated rings. The zero-order valence-electron chi connectivity index (χ0n) is 17.8. The minimum atomic E-state index is -4.55. The first kappa shape index (κ1) is 24.9. The number of carbonyl (C=O) groups excluding carboxylic acids is 1. The highest BCUT2D eigenvalue weighted by Gasteiger charge is 2.30. The Hall–Kier alpha value is -3.77. The monoisotopic (exact) mass is 530 g/mol. The maximum Gasteiger partial charge on any atom is 0.416 e. The lowest BCUT2D eigenvalue weighted by atomic mass is 10.1. The molecular formula is C25H18BrF3N2O3. The number of methoxy groups -OCH3 is 1. The van der Waals surface area contributed by atoms with Gasteiger partial charge in [-0.15, -0.1) is 0 Å². The zero-order valence-corrected chi connectivity index (χ0v) is 19.4. The Morgan fingerprint density at radius 2 is 1.85 bits per heavy atom. The molecule has 0 atom stereocenters. The smallest absolute Gasteiger partial charge is 0.416 e. The van der Waals surface area contributed by atoms with Crippen molar-refractivity contribution in [1.29, 1.82) is 5.26 Å². The Kier molecular flexibility index (Phi) is 7.97. The molecule has 0 unspecified atom stereocenters. The molecule has 0 saturated heterocycles. The van der Waals surface area contributed by atoms with E-state index in [1.807, 2.05) is 24.3 Å². The molecule has 0 spiro atoms. The summed E-state index contributed by atoms with van der Waals surface area (Å²) >= 11 is 3.46. The fourth-order valence-electron chi connectivity index (χ4n) is 2.95. The molecule has 1 amide bonds. The van der Waals surface area contributed by atoms with Crippen LogP contribution in [-0.2, 0) is 17.6 Å². The standard InChI is InChI=1S/C25H18BrF3N2O3/c1-33-23-12-16(9-10-22(23)34-15-17-5-2-3-8-21(17)26)11-18(14-30)24(32)31-20-7-4-6-19(13-20)25(27,28)29/h2-13H,15H2,1H3,(H,31,32)/b18-11+. The van der Waals surface area contributed by atoms with Gasteiger partial charge in [-0.3, -0.25) is 4.79 Å². The third kappa shape index (κ3) is 6.39. The zero-order chi connectivity index (χ0) is 24.7. The van der Waals surface area contributed by atoms with E-state index in [0.717, 1.165) is 22.2 Å². The predicted molar refractivity (Wildman–Crippen MR) is 125 cm³/mol. The summed E-state index contributed by atoms with van der Waals surface area (Å²) in [5.41, 5.74) is 0.138. The second-order valence-electron chi connectivity index (χ2n) is 6.99. The van der Waals surface area contributed by atoms with Crippen molar-refractivity contribution in [2.75, 3.05) is 12.4 Å². The number of anilines is 1. The van der Waals surface area contributed by atoms with Crippen LogP contribution in [0.5, 0.6) is 11.5 Å². The van der Waals surface area contributed by atoms with E-state index in [-0.39, 0.29) is 17.9 Å². The van der Waals surface area contributed by atoms with Gasteiger partial charge < -0.3 is 14.8 Å². The van der Waals surface area contributed by atoms with Gasteiger partial charge in [0.25, 0.3) is 5.91 Å². The van der Waals surface area contributed by atoms with Gasteiger partial charge in [-0.05, 0) is 48.0 Å². The number of nitrogens with zero attached hydrogens (tertiary/aromatic N) is 1. The van der Waals surface area contributed by atoms with Gasteiger partial charge in [-0.25, -0.2) is 0 Å². The van der Waals surface area contributed by atoms with Crippen LogP contribution in [0.1, 0.15) is 16.7 Å². The van der Waals surface area contributed by atoms with E-state index >= 15 is 0 Å². The van der Waals surface area contributed by atoms with Crippen LogP contribution in [0.3, 0.4) is 0 Å². The van der Waals surface area contributed by atoms with Crippen LogP contribution in [0.25, 0.3) is 6.08 Å². The molecule has 34 heavy (non-hydrogen) atoms. The number of hydrogen-bond donors (Lipinski definition) is 1. The Labute approximate surface area is 202 Å². The number of carbonyl (C=O) groups is 1. The fraction of sp³-hybridized carbons (Fsp3) is 0.120. The molecule has 1 N–H and O–H groups in total. The number of benzene rings is 3. The first-order valence-electron chi connectivity index (χ1n) is 9.86. The Balaban J connectivity index is 1.77. The molecule has 3 aromatic rings. The van der Waals surface area contributed by atoms with Gasteiger partial charge in [-0.1, -0.05) is 46.3 Å². The first-order chi connectivity index (χ1) is 16.2. The summed E-state index contributed by atoms with van der Waals surface area (Å²) < 4.78 is 50.8. The Bertz CT molecular complexity index is 1270. The van der Waals surface area contributed by atoms with Gasteiger partial charge in [0.05, 0.1) is 12.7 Å². The van der Waals surface area contributed by atoms with Gasteiger partial charge in [0.2, 0.25) is 0 Å². The number of alkyl halides is 3. The van der Waals surface area contributed by atoms with Gasteiger partial charge in [-0.2, -0.15) is 18.4 Å². The van der Waals surface area contributed by atoms with Crippen molar-refractivity contribution >= 4 is 33.6 Å². The van der Waals surface area contributed by atoms with Crippen LogP contribution < -0.4 is 14.8 Å².